The lowest BCUT2D eigenvalue weighted by Crippen LogP contribution is -2.53. The Kier molecular flexibility index (Phi) is 7.59. The van der Waals surface area contributed by atoms with Gasteiger partial charge in [-0.2, -0.15) is 0 Å². The van der Waals surface area contributed by atoms with Crippen LogP contribution in [0.3, 0.4) is 0 Å². The summed E-state index contributed by atoms with van der Waals surface area (Å²) < 4.78 is 0. The van der Waals surface area contributed by atoms with Crippen molar-refractivity contribution in [2.75, 3.05) is 26.2 Å². The van der Waals surface area contributed by atoms with Crippen LogP contribution in [0.2, 0.25) is 0 Å². The summed E-state index contributed by atoms with van der Waals surface area (Å²) in [5.41, 5.74) is 0. The first-order chi connectivity index (χ1) is 9.57. The van der Waals surface area contributed by atoms with E-state index in [-0.39, 0.29) is 23.8 Å². The average Bonchev–Trinajstić information content (AvgIpc) is 2.46. The van der Waals surface area contributed by atoms with Crippen LogP contribution in [0.15, 0.2) is 0 Å². The predicted octanol–water partition coefficient (Wildman–Crippen LogP) is 1.14. The van der Waals surface area contributed by atoms with Gasteiger partial charge in [0.25, 0.3) is 0 Å². The minimum absolute atomic E-state index is 0.00278. The molecule has 0 saturated carbocycles. The third-order valence-corrected chi connectivity index (χ3v) is 3.61. The molecule has 116 valence electrons. The van der Waals surface area contributed by atoms with E-state index in [1.54, 1.807) is 4.90 Å². The van der Waals surface area contributed by atoms with Gasteiger partial charge in [0.05, 0.1) is 0 Å². The number of carbonyl (C=O) groups is 2. The quantitative estimate of drug-likeness (QED) is 0.689. The normalized spacial score (nSPS) is 19.2. The maximum Gasteiger partial charge on any atom is 0.242 e. The number of likely N-dealkylation sites (tertiary alicyclic amines) is 1. The maximum absolute atomic E-state index is 12.2. The van der Waals surface area contributed by atoms with Gasteiger partial charge in [-0.15, -0.1) is 0 Å². The Bertz CT molecular complexity index is 318. The van der Waals surface area contributed by atoms with Crippen LogP contribution in [0.5, 0.6) is 0 Å². The maximum atomic E-state index is 12.2. The molecule has 1 heterocycles. The molecule has 1 fully saturated rings. The van der Waals surface area contributed by atoms with Gasteiger partial charge in [-0.05, 0) is 32.2 Å². The van der Waals surface area contributed by atoms with Crippen molar-refractivity contribution in [3.63, 3.8) is 0 Å². The molecule has 5 heteroatoms. The molecule has 20 heavy (non-hydrogen) atoms. The van der Waals surface area contributed by atoms with Crippen LogP contribution in [0.25, 0.3) is 0 Å². The van der Waals surface area contributed by atoms with Crippen molar-refractivity contribution >= 4 is 11.8 Å². The van der Waals surface area contributed by atoms with E-state index in [9.17, 15) is 9.59 Å². The number of hydrogen-bond donors (Lipinski definition) is 2. The van der Waals surface area contributed by atoms with Gasteiger partial charge in [0, 0.05) is 25.6 Å². The minimum atomic E-state index is -0.273. The second-order valence-corrected chi connectivity index (χ2v) is 5.74. The zero-order valence-electron chi connectivity index (χ0n) is 13.1. The van der Waals surface area contributed by atoms with E-state index in [1.165, 1.54) is 0 Å². The number of nitrogens with one attached hydrogen (secondary N) is 2. The minimum Gasteiger partial charge on any atom is -0.353 e. The van der Waals surface area contributed by atoms with E-state index in [1.807, 2.05) is 13.8 Å². The molecule has 2 N–H and O–H groups in total. The van der Waals surface area contributed by atoms with Gasteiger partial charge in [-0.25, -0.2) is 0 Å². The van der Waals surface area contributed by atoms with Gasteiger partial charge in [-0.1, -0.05) is 20.8 Å². The highest BCUT2D eigenvalue weighted by Crippen LogP contribution is 2.19. The zero-order chi connectivity index (χ0) is 15.0. The largest absolute Gasteiger partial charge is 0.353 e. The van der Waals surface area contributed by atoms with Crippen LogP contribution >= 0.6 is 0 Å². The molecule has 0 spiro atoms. The molecular formula is C15H29N3O2. The lowest BCUT2D eigenvalue weighted by molar-refractivity contribution is -0.144. The van der Waals surface area contributed by atoms with Crippen LogP contribution in [-0.2, 0) is 9.59 Å². The number of piperidine rings is 1. The smallest absolute Gasteiger partial charge is 0.242 e. The van der Waals surface area contributed by atoms with Crippen molar-refractivity contribution in [3.05, 3.63) is 0 Å². The third kappa shape index (κ3) is 5.12. The van der Waals surface area contributed by atoms with Crippen LogP contribution < -0.4 is 10.6 Å². The van der Waals surface area contributed by atoms with Crippen molar-refractivity contribution in [3.8, 4) is 0 Å². The molecule has 2 amide bonds. The summed E-state index contributed by atoms with van der Waals surface area (Å²) in [5.74, 6) is 0.0422. The molecule has 1 aliphatic rings. The predicted molar refractivity (Wildman–Crippen MR) is 80.4 cm³/mol. The van der Waals surface area contributed by atoms with Crippen LogP contribution in [-0.4, -0.2) is 48.9 Å². The molecule has 5 nitrogen and oxygen atoms in total. The number of hydrogen-bond acceptors (Lipinski definition) is 3. The SMILES string of the molecule is CCCNCCNC(=O)C1CCCCN1C(=O)C(C)C. The second kappa shape index (κ2) is 8.95. The Morgan fingerprint density at radius 1 is 1.20 bits per heavy atom. The van der Waals surface area contributed by atoms with Gasteiger partial charge < -0.3 is 15.5 Å². The van der Waals surface area contributed by atoms with Crippen molar-refractivity contribution < 1.29 is 9.59 Å². The van der Waals surface area contributed by atoms with E-state index >= 15 is 0 Å². The first-order valence-corrected chi connectivity index (χ1v) is 7.86. The summed E-state index contributed by atoms with van der Waals surface area (Å²) in [7, 11) is 0. The highest BCUT2D eigenvalue weighted by atomic mass is 16.2. The summed E-state index contributed by atoms with van der Waals surface area (Å²) in [5, 5.41) is 6.19. The lowest BCUT2D eigenvalue weighted by atomic mass is 9.99. The first-order valence-electron chi connectivity index (χ1n) is 7.86. The zero-order valence-corrected chi connectivity index (χ0v) is 13.1. The van der Waals surface area contributed by atoms with Crippen molar-refractivity contribution in [2.24, 2.45) is 5.92 Å². The fourth-order valence-electron chi connectivity index (χ4n) is 2.49. The number of nitrogens with zero attached hydrogens (tertiary/aromatic N) is 1. The first kappa shape index (κ1) is 17.0. The molecule has 1 aliphatic heterocycles. The van der Waals surface area contributed by atoms with Gasteiger partial charge in [-0.3, -0.25) is 9.59 Å². The Morgan fingerprint density at radius 3 is 2.60 bits per heavy atom. The highest BCUT2D eigenvalue weighted by Gasteiger charge is 2.32. The third-order valence-electron chi connectivity index (χ3n) is 3.61. The number of amides is 2. The Morgan fingerprint density at radius 2 is 1.95 bits per heavy atom. The molecule has 1 unspecified atom stereocenters. The topological polar surface area (TPSA) is 61.4 Å². The summed E-state index contributed by atoms with van der Waals surface area (Å²) in [6.45, 7) is 8.98. The van der Waals surface area contributed by atoms with E-state index in [0.29, 0.717) is 13.1 Å². The Balaban J connectivity index is 2.44. The van der Waals surface area contributed by atoms with E-state index < -0.39 is 0 Å². The monoisotopic (exact) mass is 283 g/mol. The molecule has 1 rings (SSSR count). The average molecular weight is 283 g/mol. The fraction of sp³-hybridized carbons (Fsp3) is 0.867. The van der Waals surface area contributed by atoms with Crippen LogP contribution in [0, 0.1) is 5.92 Å². The molecule has 0 aromatic rings. The van der Waals surface area contributed by atoms with Crippen LogP contribution in [0.1, 0.15) is 46.5 Å². The molecule has 0 bridgehead atoms. The summed E-state index contributed by atoms with van der Waals surface area (Å²) in [6.07, 6.45) is 3.90. The number of rotatable bonds is 7. The van der Waals surface area contributed by atoms with Crippen LogP contribution in [0.4, 0.5) is 0 Å². The molecule has 0 aromatic heterocycles. The Labute approximate surface area is 122 Å². The molecule has 0 aromatic carbocycles. The molecule has 1 atom stereocenters. The molecular weight excluding hydrogens is 254 g/mol. The van der Waals surface area contributed by atoms with E-state index in [2.05, 4.69) is 17.6 Å². The van der Waals surface area contributed by atoms with E-state index in [4.69, 9.17) is 0 Å². The van der Waals surface area contributed by atoms with Gasteiger partial charge >= 0.3 is 0 Å². The fourth-order valence-corrected chi connectivity index (χ4v) is 2.49. The van der Waals surface area contributed by atoms with Crippen molar-refractivity contribution in [1.29, 1.82) is 0 Å². The van der Waals surface area contributed by atoms with Gasteiger partial charge in [0.1, 0.15) is 6.04 Å². The summed E-state index contributed by atoms with van der Waals surface area (Å²) >= 11 is 0. The molecule has 1 saturated heterocycles. The Hall–Kier alpha value is -1.10. The second-order valence-electron chi connectivity index (χ2n) is 5.74. The highest BCUT2D eigenvalue weighted by molar-refractivity contribution is 5.88. The molecule has 0 aliphatic carbocycles. The standard InChI is InChI=1S/C15H29N3O2/c1-4-8-16-9-10-17-14(19)13-7-5-6-11-18(13)15(20)12(2)3/h12-13,16H,4-11H2,1-3H3,(H,17,19). The summed E-state index contributed by atoms with van der Waals surface area (Å²) in [4.78, 5) is 26.2. The van der Waals surface area contributed by atoms with Gasteiger partial charge in [0.15, 0.2) is 0 Å². The van der Waals surface area contributed by atoms with Crippen molar-refractivity contribution in [2.45, 2.75) is 52.5 Å². The van der Waals surface area contributed by atoms with E-state index in [0.717, 1.165) is 38.8 Å². The van der Waals surface area contributed by atoms with Crippen molar-refractivity contribution in [1.82, 2.24) is 15.5 Å². The number of carbonyl (C=O) groups excluding carboxylic acids is 2. The lowest BCUT2D eigenvalue weighted by Gasteiger charge is -2.35. The summed E-state index contributed by atoms with van der Waals surface area (Å²) in [6, 6.07) is -0.273. The molecule has 0 radical (unpaired) electrons. The van der Waals surface area contributed by atoms with Gasteiger partial charge in [0.2, 0.25) is 11.8 Å².